The van der Waals surface area contributed by atoms with Crippen LogP contribution in [-0.4, -0.2) is 37.2 Å². The number of hydrazone groups is 1. The molecule has 0 aliphatic carbocycles. The minimum atomic E-state index is -0.526. The molecule has 0 aliphatic rings. The molecule has 2 N–H and O–H groups in total. The number of aromatic nitrogens is 1. The number of ether oxygens (including phenoxy) is 1. The summed E-state index contributed by atoms with van der Waals surface area (Å²) in [6, 6.07) is 26.1. The summed E-state index contributed by atoms with van der Waals surface area (Å²) in [6.07, 6.45) is 1.44. The van der Waals surface area contributed by atoms with Crippen LogP contribution in [0.2, 0.25) is 0 Å². The number of esters is 1. The van der Waals surface area contributed by atoms with E-state index < -0.39 is 11.9 Å². The number of rotatable bonds is 7. The Morgan fingerprint density at radius 2 is 1.63 bits per heavy atom. The van der Waals surface area contributed by atoms with Gasteiger partial charge in [0, 0.05) is 50.8 Å². The van der Waals surface area contributed by atoms with Gasteiger partial charge in [0.1, 0.15) is 5.69 Å². The monoisotopic (exact) mass is 736 g/mol. The van der Waals surface area contributed by atoms with E-state index in [0.29, 0.717) is 21.3 Å². The van der Waals surface area contributed by atoms with Crippen molar-refractivity contribution < 1.29 is 14.3 Å². The van der Waals surface area contributed by atoms with E-state index in [9.17, 15) is 9.59 Å². The van der Waals surface area contributed by atoms with Crippen molar-refractivity contribution in [2.24, 2.45) is 5.10 Å². The summed E-state index contributed by atoms with van der Waals surface area (Å²) < 4.78 is 7.84. The van der Waals surface area contributed by atoms with Crippen LogP contribution >= 0.6 is 47.8 Å². The quantitative estimate of drug-likeness (QED) is 0.0764. The van der Waals surface area contributed by atoms with E-state index in [-0.39, 0.29) is 5.75 Å². The molecular formula is C31H23Br3N4O3. The van der Waals surface area contributed by atoms with Gasteiger partial charge >= 0.3 is 5.97 Å². The number of halogens is 3. The summed E-state index contributed by atoms with van der Waals surface area (Å²) in [4.78, 5) is 31.5. The Bertz CT molecular complexity index is 1780. The maximum atomic E-state index is 13.5. The Labute approximate surface area is 262 Å². The van der Waals surface area contributed by atoms with Crippen molar-refractivity contribution in [2.75, 3.05) is 19.0 Å². The molecule has 41 heavy (non-hydrogen) atoms. The summed E-state index contributed by atoms with van der Waals surface area (Å²) in [7, 11) is 3.95. The Morgan fingerprint density at radius 3 is 2.34 bits per heavy atom. The zero-order valence-electron chi connectivity index (χ0n) is 21.9. The molecule has 0 saturated heterocycles. The summed E-state index contributed by atoms with van der Waals surface area (Å²) in [5.41, 5.74) is 7.42. The number of anilines is 1. The molecule has 0 unspecified atom stereocenters. The molecule has 0 atom stereocenters. The van der Waals surface area contributed by atoms with Gasteiger partial charge in [-0.1, -0.05) is 62.2 Å². The topological polar surface area (TPSA) is 86.8 Å². The number of fused-ring (bicyclic) bond motifs is 1. The third-order valence-corrected chi connectivity index (χ3v) is 7.85. The predicted octanol–water partition coefficient (Wildman–Crippen LogP) is 8.17. The molecular weight excluding hydrogens is 716 g/mol. The second-order valence-corrected chi connectivity index (χ2v) is 12.0. The van der Waals surface area contributed by atoms with Crippen LogP contribution in [-0.2, 0) is 0 Å². The van der Waals surface area contributed by atoms with Gasteiger partial charge in [-0.15, -0.1) is 0 Å². The number of nitrogens with one attached hydrogen (secondary N) is 2. The molecule has 0 aliphatic heterocycles. The van der Waals surface area contributed by atoms with Gasteiger partial charge in [0.15, 0.2) is 5.75 Å². The van der Waals surface area contributed by atoms with Crippen LogP contribution in [0, 0.1) is 0 Å². The van der Waals surface area contributed by atoms with E-state index in [1.54, 1.807) is 36.4 Å². The van der Waals surface area contributed by atoms with Crippen LogP contribution in [0.1, 0.15) is 26.4 Å². The number of carbonyl (C=O) groups excluding carboxylic acids is 2. The Morgan fingerprint density at radius 1 is 0.902 bits per heavy atom. The Hall–Kier alpha value is -3.73. The van der Waals surface area contributed by atoms with E-state index in [2.05, 4.69) is 69.4 Å². The average molecular weight is 739 g/mol. The molecule has 7 nitrogen and oxygen atoms in total. The fraction of sp³-hybridized carbons (Fsp3) is 0.0645. The molecule has 0 fully saturated rings. The van der Waals surface area contributed by atoms with E-state index in [4.69, 9.17) is 4.74 Å². The smallest absolute Gasteiger partial charge is 0.343 e. The maximum Gasteiger partial charge on any atom is 0.343 e. The van der Waals surface area contributed by atoms with Crippen molar-refractivity contribution in [3.63, 3.8) is 0 Å². The average Bonchev–Trinajstić information content (AvgIpc) is 3.34. The van der Waals surface area contributed by atoms with Gasteiger partial charge in [-0.25, -0.2) is 10.2 Å². The van der Waals surface area contributed by atoms with Crippen LogP contribution in [0.15, 0.2) is 103 Å². The fourth-order valence-electron chi connectivity index (χ4n) is 4.27. The SMILES string of the molecule is CN(C)c1ccc2[nH]c(C(=O)NN=Cc3cc(Br)cc(Br)c3OC(=O)c3ccc(Br)cc3)c(-c3ccccc3)c2c1. The van der Waals surface area contributed by atoms with Crippen molar-refractivity contribution in [3.8, 4) is 16.9 Å². The number of nitrogens with zero attached hydrogens (tertiary/aromatic N) is 2. The summed E-state index contributed by atoms with van der Waals surface area (Å²) >= 11 is 10.3. The van der Waals surface area contributed by atoms with Crippen molar-refractivity contribution in [1.82, 2.24) is 10.4 Å². The fourth-order valence-corrected chi connectivity index (χ4v) is 5.87. The highest BCUT2D eigenvalue weighted by molar-refractivity contribution is 9.11. The molecule has 10 heteroatoms. The third-order valence-electron chi connectivity index (χ3n) is 6.27. The highest BCUT2D eigenvalue weighted by Crippen LogP contribution is 2.35. The number of aromatic amines is 1. The lowest BCUT2D eigenvalue weighted by Crippen LogP contribution is -2.19. The van der Waals surface area contributed by atoms with E-state index >= 15 is 0 Å². The van der Waals surface area contributed by atoms with E-state index in [0.717, 1.165) is 36.7 Å². The molecule has 1 aromatic heterocycles. The van der Waals surface area contributed by atoms with Crippen molar-refractivity contribution in [2.45, 2.75) is 0 Å². The summed E-state index contributed by atoms with van der Waals surface area (Å²) in [5, 5.41) is 5.14. The lowest BCUT2D eigenvalue weighted by Gasteiger charge is -2.12. The third kappa shape index (κ3) is 6.45. The van der Waals surface area contributed by atoms with E-state index in [1.165, 1.54) is 6.21 Å². The van der Waals surface area contributed by atoms with Gasteiger partial charge in [-0.2, -0.15) is 5.10 Å². The lowest BCUT2D eigenvalue weighted by atomic mass is 10.0. The van der Waals surface area contributed by atoms with Crippen LogP contribution in [0.25, 0.3) is 22.0 Å². The number of amides is 1. The largest absolute Gasteiger partial charge is 0.421 e. The molecule has 4 aromatic carbocycles. The van der Waals surface area contributed by atoms with E-state index in [1.807, 2.05) is 61.5 Å². The van der Waals surface area contributed by atoms with Crippen molar-refractivity contribution in [1.29, 1.82) is 0 Å². The zero-order valence-corrected chi connectivity index (χ0v) is 26.7. The van der Waals surface area contributed by atoms with Gasteiger partial charge in [0.05, 0.1) is 16.3 Å². The maximum absolute atomic E-state index is 13.5. The van der Waals surface area contributed by atoms with Crippen molar-refractivity contribution >= 4 is 82.5 Å². The lowest BCUT2D eigenvalue weighted by molar-refractivity contribution is 0.0733. The molecule has 0 saturated carbocycles. The molecule has 1 amide bonds. The van der Waals surface area contributed by atoms with Gasteiger partial charge in [-0.3, -0.25) is 4.79 Å². The second-order valence-electron chi connectivity index (χ2n) is 9.27. The number of carbonyl (C=O) groups is 2. The zero-order chi connectivity index (χ0) is 29.1. The summed E-state index contributed by atoms with van der Waals surface area (Å²) in [5.74, 6) is -0.669. The van der Waals surface area contributed by atoms with Gasteiger partial charge in [0.2, 0.25) is 0 Å². The number of H-pyrrole nitrogens is 1. The van der Waals surface area contributed by atoms with Gasteiger partial charge < -0.3 is 14.6 Å². The first-order valence-electron chi connectivity index (χ1n) is 12.4. The molecule has 5 aromatic rings. The molecule has 1 heterocycles. The molecule has 5 rings (SSSR count). The molecule has 0 radical (unpaired) electrons. The molecule has 206 valence electrons. The number of benzene rings is 4. The first-order chi connectivity index (χ1) is 19.7. The number of hydrogen-bond donors (Lipinski definition) is 2. The van der Waals surface area contributed by atoms with Crippen LogP contribution in [0.3, 0.4) is 0 Å². The van der Waals surface area contributed by atoms with Crippen molar-refractivity contribution in [3.05, 3.63) is 115 Å². The van der Waals surface area contributed by atoms with Gasteiger partial charge in [0.25, 0.3) is 5.91 Å². The molecule has 0 spiro atoms. The van der Waals surface area contributed by atoms with Gasteiger partial charge in [-0.05, 0) is 76.1 Å². The Kier molecular flexibility index (Phi) is 8.72. The van der Waals surface area contributed by atoms with Crippen LogP contribution < -0.4 is 15.1 Å². The minimum absolute atomic E-state index is 0.269. The summed E-state index contributed by atoms with van der Waals surface area (Å²) in [6.45, 7) is 0. The minimum Gasteiger partial charge on any atom is -0.421 e. The second kappa shape index (κ2) is 12.4. The predicted molar refractivity (Wildman–Crippen MR) is 174 cm³/mol. The normalized spacial score (nSPS) is 11.1. The first kappa shape index (κ1) is 28.8. The first-order valence-corrected chi connectivity index (χ1v) is 14.8. The standard InChI is InChI=1S/C31H23Br3N4O3/c1-38(2)23-12-13-26-24(16-23)27(18-6-4-3-5-7-18)28(36-26)30(39)37-35-17-20-14-22(33)15-25(34)29(20)41-31(40)19-8-10-21(32)11-9-19/h3-17,36H,1-2H3,(H,37,39). The van der Waals surface area contributed by atoms with Crippen LogP contribution in [0.5, 0.6) is 5.75 Å². The number of hydrogen-bond acceptors (Lipinski definition) is 5. The van der Waals surface area contributed by atoms with Crippen LogP contribution in [0.4, 0.5) is 5.69 Å². The highest BCUT2D eigenvalue weighted by atomic mass is 79.9. The highest BCUT2D eigenvalue weighted by Gasteiger charge is 2.20. The Balaban J connectivity index is 1.45. The molecule has 0 bridgehead atoms.